The third kappa shape index (κ3) is 1.44. The molecule has 0 amide bonds. The van der Waals surface area contributed by atoms with Crippen LogP contribution in [-0.4, -0.2) is 26.5 Å². The zero-order valence-corrected chi connectivity index (χ0v) is 8.13. The first-order valence-electron chi connectivity index (χ1n) is 4.30. The van der Waals surface area contributed by atoms with Crippen molar-refractivity contribution >= 4 is 11.8 Å². The lowest BCUT2D eigenvalue weighted by Gasteiger charge is -2.31. The molecular weight excluding hydrogens is 182 g/mol. The van der Waals surface area contributed by atoms with E-state index in [1.165, 1.54) is 0 Å². The smallest absolute Gasteiger partial charge is 0.126 e. The summed E-state index contributed by atoms with van der Waals surface area (Å²) in [5.41, 5.74) is -0.207. The number of nitrogens with zero attached hydrogens (tertiary/aromatic N) is 3. The van der Waals surface area contributed by atoms with E-state index in [4.69, 9.17) is 6.42 Å². The molecule has 1 aromatic rings. The summed E-state index contributed by atoms with van der Waals surface area (Å²) in [6.45, 7) is 0. The maximum atomic E-state index is 5.58. The van der Waals surface area contributed by atoms with Crippen LogP contribution < -0.4 is 0 Å². The lowest BCUT2D eigenvalue weighted by Crippen LogP contribution is -2.36. The first-order valence-corrected chi connectivity index (χ1v) is 5.45. The Morgan fingerprint density at radius 2 is 2.23 bits per heavy atom. The molecular formula is C9H11N3S. The Balaban J connectivity index is 2.30. The van der Waals surface area contributed by atoms with E-state index in [0.29, 0.717) is 0 Å². The van der Waals surface area contributed by atoms with Gasteiger partial charge < -0.3 is 0 Å². The summed E-state index contributed by atoms with van der Waals surface area (Å²) in [7, 11) is 0. The van der Waals surface area contributed by atoms with Crippen LogP contribution in [0.4, 0.5) is 0 Å². The first kappa shape index (κ1) is 8.64. The molecule has 0 atom stereocenters. The van der Waals surface area contributed by atoms with Crippen LogP contribution in [0.15, 0.2) is 12.4 Å². The van der Waals surface area contributed by atoms with Crippen molar-refractivity contribution in [1.29, 1.82) is 0 Å². The van der Waals surface area contributed by atoms with E-state index in [1.54, 1.807) is 6.20 Å². The molecule has 0 aromatic carbocycles. The summed E-state index contributed by atoms with van der Waals surface area (Å²) in [4.78, 5) is 0. The summed E-state index contributed by atoms with van der Waals surface area (Å²) in [6.07, 6.45) is 11.1. The van der Waals surface area contributed by atoms with Gasteiger partial charge in [-0.05, 0) is 24.3 Å². The molecule has 0 unspecified atom stereocenters. The number of hydrogen-bond donors (Lipinski definition) is 0. The van der Waals surface area contributed by atoms with Crippen molar-refractivity contribution in [2.75, 3.05) is 11.5 Å². The first-order chi connectivity index (χ1) is 6.37. The third-order valence-electron chi connectivity index (χ3n) is 2.45. The van der Waals surface area contributed by atoms with Gasteiger partial charge in [0.15, 0.2) is 0 Å². The van der Waals surface area contributed by atoms with Gasteiger partial charge in [0.2, 0.25) is 0 Å². The molecule has 0 N–H and O–H groups in total. The molecule has 68 valence electrons. The molecule has 1 aliphatic heterocycles. The molecule has 3 nitrogen and oxygen atoms in total. The molecule has 0 radical (unpaired) electrons. The molecule has 0 spiro atoms. The van der Waals surface area contributed by atoms with E-state index in [2.05, 4.69) is 16.2 Å². The summed E-state index contributed by atoms with van der Waals surface area (Å²) in [5.74, 6) is 5.10. The number of thioether (sulfide) groups is 1. The molecule has 2 rings (SSSR count). The van der Waals surface area contributed by atoms with Crippen molar-refractivity contribution in [3.05, 3.63) is 12.4 Å². The van der Waals surface area contributed by atoms with Crippen LogP contribution in [0.2, 0.25) is 0 Å². The fraction of sp³-hybridized carbons (Fsp3) is 0.556. The third-order valence-corrected chi connectivity index (χ3v) is 3.44. The molecule has 4 heteroatoms. The summed E-state index contributed by atoms with van der Waals surface area (Å²) in [5, 5.41) is 7.80. The minimum absolute atomic E-state index is 0.207. The van der Waals surface area contributed by atoms with E-state index >= 15 is 0 Å². The Labute approximate surface area is 81.9 Å². The quantitative estimate of drug-likeness (QED) is 0.626. The Kier molecular flexibility index (Phi) is 2.28. The predicted molar refractivity (Wildman–Crippen MR) is 53.4 cm³/mol. The van der Waals surface area contributed by atoms with Gasteiger partial charge in [-0.3, -0.25) is 0 Å². The molecule has 1 aliphatic rings. The topological polar surface area (TPSA) is 30.7 Å². The fourth-order valence-corrected chi connectivity index (χ4v) is 2.75. The highest BCUT2D eigenvalue weighted by molar-refractivity contribution is 7.99. The van der Waals surface area contributed by atoms with Gasteiger partial charge in [0, 0.05) is 6.20 Å². The number of terminal acetylenes is 1. The van der Waals surface area contributed by atoms with Gasteiger partial charge in [-0.2, -0.15) is 11.8 Å². The molecule has 2 heterocycles. The average molecular weight is 193 g/mol. The second-order valence-electron chi connectivity index (χ2n) is 3.14. The number of hydrogen-bond acceptors (Lipinski definition) is 3. The maximum Gasteiger partial charge on any atom is 0.126 e. The summed E-state index contributed by atoms with van der Waals surface area (Å²) < 4.78 is 1.83. The highest BCUT2D eigenvalue weighted by atomic mass is 32.2. The maximum absolute atomic E-state index is 5.58. The molecule has 13 heavy (non-hydrogen) atoms. The average Bonchev–Trinajstić information content (AvgIpc) is 2.72. The zero-order valence-electron chi connectivity index (χ0n) is 7.31. The molecule has 0 aliphatic carbocycles. The van der Waals surface area contributed by atoms with Gasteiger partial charge in [0.25, 0.3) is 0 Å². The van der Waals surface area contributed by atoms with Crippen molar-refractivity contribution < 1.29 is 0 Å². The van der Waals surface area contributed by atoms with Crippen LogP contribution in [0, 0.1) is 12.3 Å². The second-order valence-corrected chi connectivity index (χ2v) is 4.36. The van der Waals surface area contributed by atoms with Gasteiger partial charge in [-0.25, -0.2) is 4.68 Å². The molecule has 1 saturated heterocycles. The largest absolute Gasteiger partial charge is 0.234 e. The monoisotopic (exact) mass is 193 g/mol. The molecule has 1 aromatic heterocycles. The van der Waals surface area contributed by atoms with Crippen molar-refractivity contribution in [3.8, 4) is 12.3 Å². The normalized spacial score (nSPS) is 20.8. The van der Waals surface area contributed by atoms with Gasteiger partial charge in [0.05, 0.1) is 6.20 Å². The van der Waals surface area contributed by atoms with Crippen LogP contribution in [0.5, 0.6) is 0 Å². The lowest BCUT2D eigenvalue weighted by atomic mass is 9.94. The fourth-order valence-electron chi connectivity index (χ4n) is 1.59. The Hall–Kier alpha value is -0.950. The van der Waals surface area contributed by atoms with E-state index in [9.17, 15) is 0 Å². The second kappa shape index (κ2) is 3.43. The SMILES string of the molecule is C#CC1(n2ccnn2)CCSCC1. The van der Waals surface area contributed by atoms with Gasteiger partial charge in [-0.1, -0.05) is 11.1 Å². The Bertz CT molecular complexity index is 306. The van der Waals surface area contributed by atoms with Crippen LogP contribution in [0.1, 0.15) is 12.8 Å². The van der Waals surface area contributed by atoms with Crippen LogP contribution >= 0.6 is 11.8 Å². The number of rotatable bonds is 1. The van der Waals surface area contributed by atoms with Gasteiger partial charge in [-0.15, -0.1) is 11.5 Å². The minimum atomic E-state index is -0.207. The van der Waals surface area contributed by atoms with Crippen LogP contribution in [0.25, 0.3) is 0 Å². The standard InChI is InChI=1S/C9H11N3S/c1-2-9(3-7-13-8-4-9)12-6-5-10-11-12/h1,5-6H,3-4,7-8H2. The van der Waals surface area contributed by atoms with Crippen molar-refractivity contribution in [3.63, 3.8) is 0 Å². The molecule has 1 fully saturated rings. The Morgan fingerprint density at radius 1 is 1.46 bits per heavy atom. The summed E-state index contributed by atoms with van der Waals surface area (Å²) in [6, 6.07) is 0. The van der Waals surface area contributed by atoms with E-state index in [1.807, 2.05) is 22.6 Å². The predicted octanol–water partition coefficient (Wildman–Crippen LogP) is 1.13. The highest BCUT2D eigenvalue weighted by Gasteiger charge is 2.32. The highest BCUT2D eigenvalue weighted by Crippen LogP contribution is 2.32. The minimum Gasteiger partial charge on any atom is -0.234 e. The van der Waals surface area contributed by atoms with Gasteiger partial charge >= 0.3 is 0 Å². The van der Waals surface area contributed by atoms with Crippen molar-refractivity contribution in [2.24, 2.45) is 0 Å². The Morgan fingerprint density at radius 3 is 2.77 bits per heavy atom. The number of aromatic nitrogens is 3. The van der Waals surface area contributed by atoms with Crippen LogP contribution in [-0.2, 0) is 5.54 Å². The molecule has 0 bridgehead atoms. The zero-order chi connectivity index (χ0) is 9.15. The lowest BCUT2D eigenvalue weighted by molar-refractivity contribution is 0.317. The van der Waals surface area contributed by atoms with Crippen molar-refractivity contribution in [1.82, 2.24) is 15.0 Å². The molecule has 0 saturated carbocycles. The van der Waals surface area contributed by atoms with E-state index in [-0.39, 0.29) is 5.54 Å². The van der Waals surface area contributed by atoms with Crippen molar-refractivity contribution in [2.45, 2.75) is 18.4 Å². The van der Waals surface area contributed by atoms with Gasteiger partial charge in [0.1, 0.15) is 5.54 Å². The summed E-state index contributed by atoms with van der Waals surface area (Å²) >= 11 is 1.95. The van der Waals surface area contributed by atoms with Crippen LogP contribution in [0.3, 0.4) is 0 Å². The van der Waals surface area contributed by atoms with E-state index < -0.39 is 0 Å². The van der Waals surface area contributed by atoms with E-state index in [0.717, 1.165) is 24.3 Å².